The second-order valence-corrected chi connectivity index (χ2v) is 10.9. The van der Waals surface area contributed by atoms with Crippen molar-refractivity contribution in [2.45, 2.75) is 89.3 Å². The van der Waals surface area contributed by atoms with E-state index in [2.05, 4.69) is 31.2 Å². The van der Waals surface area contributed by atoms with Crippen LogP contribution in [-0.4, -0.2) is 52.4 Å². The van der Waals surface area contributed by atoms with E-state index in [-0.39, 0.29) is 13.0 Å². The molecule has 0 spiro atoms. The summed E-state index contributed by atoms with van der Waals surface area (Å²) < 4.78 is 12.1. The van der Waals surface area contributed by atoms with Gasteiger partial charge in [-0.15, -0.1) is 0 Å². The Labute approximate surface area is 173 Å². The van der Waals surface area contributed by atoms with Crippen LogP contribution in [0, 0.1) is 0 Å². The first kappa shape index (κ1) is 27.5. The molecule has 28 heavy (non-hydrogen) atoms. The quantitative estimate of drug-likeness (QED) is 0.128. The minimum absolute atomic E-state index is 0.0500. The van der Waals surface area contributed by atoms with E-state index in [1.54, 1.807) is 0 Å². The number of rotatable bonds is 17. The maximum Gasteiger partial charge on any atom is 0.362 e. The van der Waals surface area contributed by atoms with Gasteiger partial charge in [-0.3, -0.25) is 4.57 Å². The monoisotopic (exact) mass is 418 g/mol. The molecule has 0 aromatic heterocycles. The summed E-state index contributed by atoms with van der Waals surface area (Å²) in [7, 11) is 0.941. The fourth-order valence-corrected chi connectivity index (χ4v) is 4.32. The first-order valence-electron chi connectivity index (χ1n) is 10.9. The zero-order valence-electron chi connectivity index (χ0n) is 18.6. The zero-order valence-corrected chi connectivity index (χ0v) is 19.5. The lowest BCUT2D eigenvalue weighted by Crippen LogP contribution is -2.49. The Bertz CT molecular complexity index is 493. The van der Waals surface area contributed by atoms with Crippen LogP contribution in [0.25, 0.3) is 0 Å². The summed E-state index contributed by atoms with van der Waals surface area (Å²) in [6.45, 7) is 2.25. The number of allylic oxidation sites excluding steroid dienone is 4. The number of quaternary nitrogens is 1. The predicted octanol–water partition coefficient (Wildman–Crippen LogP) is 5.37. The van der Waals surface area contributed by atoms with E-state index in [4.69, 9.17) is 0 Å². The van der Waals surface area contributed by atoms with Gasteiger partial charge < -0.3 is 19.4 Å². The van der Waals surface area contributed by atoms with Crippen LogP contribution in [0.1, 0.15) is 84.0 Å². The van der Waals surface area contributed by atoms with E-state index < -0.39 is 12.9 Å². The van der Waals surface area contributed by atoms with Gasteiger partial charge in [0.05, 0.1) is 21.1 Å². The molecule has 0 aliphatic heterocycles. The van der Waals surface area contributed by atoms with E-state index in [1.807, 2.05) is 21.1 Å². The van der Waals surface area contributed by atoms with Gasteiger partial charge in [-0.25, -0.2) is 0 Å². The highest BCUT2D eigenvalue weighted by Gasteiger charge is 2.48. The van der Waals surface area contributed by atoms with Crippen molar-refractivity contribution in [3.63, 3.8) is 0 Å². The third-order valence-corrected chi connectivity index (χ3v) is 6.20. The Morgan fingerprint density at radius 1 is 0.786 bits per heavy atom. The van der Waals surface area contributed by atoms with E-state index >= 15 is 0 Å². The lowest BCUT2D eigenvalue weighted by Gasteiger charge is -2.35. The molecule has 0 saturated heterocycles. The molecule has 3 N–H and O–H groups in total. The maximum absolute atomic E-state index is 11.7. The molecule has 0 radical (unpaired) electrons. The standard InChI is InChI=1S/C22H44NO4P/c1-5-6-7-8-9-10-11-12-13-14-15-16-17-18-19-20-22(24,28(25,26)27)21-23(2,3)4/h7-8,13-14,24H,5-6,9-12,15-21H2,1-4H3,(H-,25,26,27)/p+1/b8-7-,14-13-. The van der Waals surface area contributed by atoms with E-state index in [1.165, 1.54) is 32.1 Å². The second-order valence-electron chi connectivity index (χ2n) is 8.94. The van der Waals surface area contributed by atoms with Gasteiger partial charge in [0.25, 0.3) is 0 Å². The van der Waals surface area contributed by atoms with Crippen LogP contribution in [0.2, 0.25) is 0 Å². The summed E-state index contributed by atoms with van der Waals surface area (Å²) in [6, 6.07) is 0. The molecule has 166 valence electrons. The Balaban J connectivity index is 3.83. The number of nitrogens with zero attached hydrogens (tertiary/aromatic N) is 1. The normalized spacial score (nSPS) is 15.5. The van der Waals surface area contributed by atoms with Crippen molar-refractivity contribution in [1.29, 1.82) is 0 Å². The highest BCUT2D eigenvalue weighted by molar-refractivity contribution is 7.53. The van der Waals surface area contributed by atoms with Gasteiger partial charge in [-0.2, -0.15) is 0 Å². The number of hydrogen-bond acceptors (Lipinski definition) is 2. The first-order chi connectivity index (χ1) is 13.0. The fourth-order valence-electron chi connectivity index (χ4n) is 3.26. The molecule has 0 aliphatic rings. The van der Waals surface area contributed by atoms with Gasteiger partial charge in [0, 0.05) is 0 Å². The second kappa shape index (κ2) is 14.5. The van der Waals surface area contributed by atoms with E-state index in [0.717, 1.165) is 32.1 Å². The molecule has 1 atom stereocenters. The molecule has 6 heteroatoms. The molecule has 0 heterocycles. The molecular formula is C22H45NO4P+. The molecule has 0 aromatic carbocycles. The van der Waals surface area contributed by atoms with Crippen LogP contribution in [0.5, 0.6) is 0 Å². The maximum atomic E-state index is 11.7. The van der Waals surface area contributed by atoms with Crippen LogP contribution in [0.3, 0.4) is 0 Å². The molecule has 0 aromatic rings. The number of likely N-dealkylation sites (N-methyl/N-ethyl adjacent to an activating group) is 1. The third kappa shape index (κ3) is 14.5. The van der Waals surface area contributed by atoms with Gasteiger partial charge in [0.2, 0.25) is 5.34 Å². The highest BCUT2D eigenvalue weighted by atomic mass is 31.2. The number of unbranched alkanes of at least 4 members (excludes halogenated alkanes) is 8. The van der Waals surface area contributed by atoms with Crippen LogP contribution in [0.4, 0.5) is 0 Å². The van der Waals surface area contributed by atoms with Crippen molar-refractivity contribution in [2.75, 3.05) is 27.7 Å². The molecule has 0 fully saturated rings. The van der Waals surface area contributed by atoms with Gasteiger partial charge in [0.1, 0.15) is 6.54 Å². The van der Waals surface area contributed by atoms with Crippen molar-refractivity contribution in [3.05, 3.63) is 24.3 Å². The minimum Gasteiger partial charge on any atom is -0.373 e. The molecular weight excluding hydrogens is 373 g/mol. The number of hydrogen-bond donors (Lipinski definition) is 3. The summed E-state index contributed by atoms with van der Waals surface area (Å²) in [4.78, 5) is 19.1. The zero-order chi connectivity index (χ0) is 21.5. The highest BCUT2D eigenvalue weighted by Crippen LogP contribution is 2.52. The molecule has 0 aliphatic carbocycles. The lowest BCUT2D eigenvalue weighted by atomic mass is 10.1. The average molecular weight is 419 g/mol. The summed E-state index contributed by atoms with van der Waals surface area (Å²) in [5.41, 5.74) is 0. The molecule has 0 rings (SSSR count). The van der Waals surface area contributed by atoms with Crippen molar-refractivity contribution in [2.24, 2.45) is 0 Å². The summed E-state index contributed by atoms with van der Waals surface area (Å²) in [5.74, 6) is 0. The fraction of sp³-hybridized carbons (Fsp3) is 0.818. The van der Waals surface area contributed by atoms with Crippen molar-refractivity contribution >= 4 is 7.60 Å². The molecule has 1 unspecified atom stereocenters. The minimum atomic E-state index is -4.55. The molecule has 0 amide bonds. The SMILES string of the molecule is CCC/C=C\CCCC/C=C\CCCCCCC(O)(C[N+](C)(C)C)P(=O)(O)O. The predicted molar refractivity (Wildman–Crippen MR) is 119 cm³/mol. The molecule has 0 saturated carbocycles. The van der Waals surface area contributed by atoms with Gasteiger partial charge in [0.15, 0.2) is 0 Å². The largest absolute Gasteiger partial charge is 0.373 e. The average Bonchev–Trinajstić information content (AvgIpc) is 2.56. The van der Waals surface area contributed by atoms with Crippen molar-refractivity contribution in [1.82, 2.24) is 0 Å². The topological polar surface area (TPSA) is 77.8 Å². The Morgan fingerprint density at radius 3 is 1.64 bits per heavy atom. The molecule has 5 nitrogen and oxygen atoms in total. The lowest BCUT2D eigenvalue weighted by molar-refractivity contribution is -0.875. The summed E-state index contributed by atoms with van der Waals surface area (Å²) in [5, 5.41) is 8.57. The van der Waals surface area contributed by atoms with Gasteiger partial charge in [-0.05, 0) is 57.8 Å². The third-order valence-electron chi connectivity index (χ3n) is 4.75. The van der Waals surface area contributed by atoms with Gasteiger partial charge >= 0.3 is 7.60 Å². The Morgan fingerprint density at radius 2 is 1.21 bits per heavy atom. The van der Waals surface area contributed by atoms with E-state index in [0.29, 0.717) is 10.9 Å². The number of aliphatic hydroxyl groups is 1. The Hall–Kier alpha value is -0.450. The van der Waals surface area contributed by atoms with Crippen LogP contribution in [-0.2, 0) is 4.57 Å². The summed E-state index contributed by atoms with van der Waals surface area (Å²) in [6.07, 6.45) is 21.1. The van der Waals surface area contributed by atoms with Crippen LogP contribution in [0.15, 0.2) is 24.3 Å². The van der Waals surface area contributed by atoms with Gasteiger partial charge in [-0.1, -0.05) is 50.5 Å². The Kier molecular flexibility index (Phi) is 14.3. The van der Waals surface area contributed by atoms with Crippen LogP contribution >= 0.6 is 7.60 Å². The molecule has 0 bridgehead atoms. The van der Waals surface area contributed by atoms with Crippen LogP contribution < -0.4 is 0 Å². The first-order valence-corrected chi connectivity index (χ1v) is 12.5. The smallest absolute Gasteiger partial charge is 0.362 e. The van der Waals surface area contributed by atoms with Crippen molar-refractivity contribution in [3.8, 4) is 0 Å². The van der Waals surface area contributed by atoms with E-state index in [9.17, 15) is 19.5 Å². The summed E-state index contributed by atoms with van der Waals surface area (Å²) >= 11 is 0. The van der Waals surface area contributed by atoms with Crippen molar-refractivity contribution < 1.29 is 23.9 Å².